The van der Waals surface area contributed by atoms with E-state index in [0.717, 1.165) is 21.0 Å². The normalized spacial score (nSPS) is 11.0. The van der Waals surface area contributed by atoms with Crippen LogP contribution in [0.15, 0.2) is 70.2 Å². The first kappa shape index (κ1) is 17.2. The van der Waals surface area contributed by atoms with Crippen LogP contribution in [0.2, 0.25) is 0 Å². The molecule has 4 nitrogen and oxygen atoms in total. The fourth-order valence-electron chi connectivity index (χ4n) is 2.36. The smallest absolute Gasteiger partial charge is 0.277 e. The summed E-state index contributed by atoms with van der Waals surface area (Å²) < 4.78 is 6.46. The van der Waals surface area contributed by atoms with Gasteiger partial charge in [0.1, 0.15) is 5.75 Å². The number of aryl methyl sites for hydroxylation is 1. The van der Waals surface area contributed by atoms with Gasteiger partial charge in [0.2, 0.25) is 0 Å². The van der Waals surface area contributed by atoms with Crippen LogP contribution in [0.1, 0.15) is 11.1 Å². The molecule has 3 aromatic carbocycles. The zero-order valence-corrected chi connectivity index (χ0v) is 15.3. The molecule has 0 atom stereocenters. The van der Waals surface area contributed by atoms with Gasteiger partial charge in [-0.05, 0) is 53.1 Å². The maximum Gasteiger partial charge on any atom is 0.277 e. The number of hydrazone groups is 1. The lowest BCUT2D eigenvalue weighted by Crippen LogP contribution is -2.24. The number of nitrogens with zero attached hydrogens (tertiary/aromatic N) is 1. The molecule has 1 N–H and O–H groups in total. The molecule has 0 aliphatic carbocycles. The highest BCUT2D eigenvalue weighted by Crippen LogP contribution is 2.21. The Morgan fingerprint density at radius 3 is 2.72 bits per heavy atom. The lowest BCUT2D eigenvalue weighted by molar-refractivity contribution is -0.123. The molecule has 0 saturated carbocycles. The van der Waals surface area contributed by atoms with Gasteiger partial charge in [0.25, 0.3) is 5.91 Å². The Morgan fingerprint density at radius 1 is 1.12 bits per heavy atom. The number of halogens is 1. The maximum absolute atomic E-state index is 11.8. The molecule has 1 amide bonds. The number of benzene rings is 3. The van der Waals surface area contributed by atoms with Crippen LogP contribution < -0.4 is 10.2 Å². The first-order valence-electron chi connectivity index (χ1n) is 7.81. The Morgan fingerprint density at radius 2 is 1.92 bits per heavy atom. The molecular formula is C20H17BrN2O2. The highest BCUT2D eigenvalue weighted by atomic mass is 79.9. The van der Waals surface area contributed by atoms with Gasteiger partial charge in [0, 0.05) is 4.47 Å². The predicted molar refractivity (Wildman–Crippen MR) is 104 cm³/mol. The zero-order valence-electron chi connectivity index (χ0n) is 13.7. The summed E-state index contributed by atoms with van der Waals surface area (Å²) in [5.74, 6) is 0.340. The molecule has 0 aliphatic heterocycles. The molecule has 0 saturated heterocycles. The summed E-state index contributed by atoms with van der Waals surface area (Å²) in [5, 5.41) is 6.28. The second-order valence-electron chi connectivity index (χ2n) is 5.60. The highest BCUT2D eigenvalue weighted by molar-refractivity contribution is 9.10. The SMILES string of the molecule is Cc1cc(OCC(=O)N/N=C/c2ccc3ccccc3c2)ccc1Br. The van der Waals surface area contributed by atoms with E-state index in [1.54, 1.807) is 6.21 Å². The van der Waals surface area contributed by atoms with Crippen LogP contribution >= 0.6 is 15.9 Å². The van der Waals surface area contributed by atoms with Gasteiger partial charge in [-0.25, -0.2) is 5.43 Å². The van der Waals surface area contributed by atoms with Crippen LogP contribution in [0, 0.1) is 6.92 Å². The quantitative estimate of drug-likeness (QED) is 0.511. The van der Waals surface area contributed by atoms with Crippen molar-refractivity contribution in [1.29, 1.82) is 0 Å². The molecule has 0 fully saturated rings. The van der Waals surface area contributed by atoms with Gasteiger partial charge in [-0.15, -0.1) is 0 Å². The Kier molecular flexibility index (Phi) is 5.46. The second kappa shape index (κ2) is 7.94. The Hall–Kier alpha value is -2.66. The first-order valence-corrected chi connectivity index (χ1v) is 8.61. The molecule has 0 aromatic heterocycles. The first-order chi connectivity index (χ1) is 12.1. The Balaban J connectivity index is 1.53. The summed E-state index contributed by atoms with van der Waals surface area (Å²) in [4.78, 5) is 11.8. The van der Waals surface area contributed by atoms with E-state index in [4.69, 9.17) is 4.74 Å². The van der Waals surface area contributed by atoms with E-state index in [0.29, 0.717) is 5.75 Å². The third kappa shape index (κ3) is 4.67. The fraction of sp³-hybridized carbons (Fsp3) is 0.100. The van der Waals surface area contributed by atoms with Gasteiger partial charge in [-0.2, -0.15) is 5.10 Å². The lowest BCUT2D eigenvalue weighted by Gasteiger charge is -2.06. The topological polar surface area (TPSA) is 50.7 Å². The van der Waals surface area contributed by atoms with E-state index >= 15 is 0 Å². The molecule has 0 spiro atoms. The predicted octanol–water partition coefficient (Wildman–Crippen LogP) is 4.44. The number of nitrogens with one attached hydrogen (secondary N) is 1. The summed E-state index contributed by atoms with van der Waals surface area (Å²) in [6.07, 6.45) is 1.62. The van der Waals surface area contributed by atoms with E-state index in [2.05, 4.69) is 32.5 Å². The van der Waals surface area contributed by atoms with Crippen LogP contribution in [-0.2, 0) is 4.79 Å². The van der Waals surface area contributed by atoms with E-state index in [9.17, 15) is 4.79 Å². The molecule has 0 aliphatic rings. The van der Waals surface area contributed by atoms with Crippen LogP contribution in [0.4, 0.5) is 0 Å². The largest absolute Gasteiger partial charge is 0.484 e. The molecule has 25 heavy (non-hydrogen) atoms. The number of hydrogen-bond donors (Lipinski definition) is 1. The molecule has 0 bridgehead atoms. The van der Waals surface area contributed by atoms with Crippen molar-refractivity contribution in [3.63, 3.8) is 0 Å². The summed E-state index contributed by atoms with van der Waals surface area (Å²) in [6.45, 7) is 1.88. The average Bonchev–Trinajstić information content (AvgIpc) is 2.62. The summed E-state index contributed by atoms with van der Waals surface area (Å²) in [6, 6.07) is 19.7. The van der Waals surface area contributed by atoms with Crippen molar-refractivity contribution in [3.05, 3.63) is 76.3 Å². The van der Waals surface area contributed by atoms with Crippen molar-refractivity contribution in [2.45, 2.75) is 6.92 Å². The van der Waals surface area contributed by atoms with Gasteiger partial charge in [0.05, 0.1) is 6.21 Å². The number of fused-ring (bicyclic) bond motifs is 1. The number of hydrogen-bond acceptors (Lipinski definition) is 3. The Labute approximate surface area is 154 Å². The molecule has 5 heteroatoms. The van der Waals surface area contributed by atoms with E-state index in [-0.39, 0.29) is 12.5 Å². The Bertz CT molecular complexity index is 938. The van der Waals surface area contributed by atoms with Crippen molar-refractivity contribution in [3.8, 4) is 5.75 Å². The van der Waals surface area contributed by atoms with Gasteiger partial charge < -0.3 is 4.74 Å². The highest BCUT2D eigenvalue weighted by Gasteiger charge is 2.03. The van der Waals surface area contributed by atoms with Gasteiger partial charge >= 0.3 is 0 Å². The number of ether oxygens (including phenoxy) is 1. The van der Waals surface area contributed by atoms with Crippen molar-refractivity contribution >= 4 is 38.8 Å². The van der Waals surface area contributed by atoms with Crippen LogP contribution in [0.25, 0.3) is 10.8 Å². The number of rotatable bonds is 5. The minimum absolute atomic E-state index is 0.0872. The van der Waals surface area contributed by atoms with Crippen molar-refractivity contribution < 1.29 is 9.53 Å². The minimum atomic E-state index is -0.308. The van der Waals surface area contributed by atoms with Crippen LogP contribution in [0.5, 0.6) is 5.75 Å². The maximum atomic E-state index is 11.8. The zero-order chi connectivity index (χ0) is 17.6. The fourth-order valence-corrected chi connectivity index (χ4v) is 2.60. The lowest BCUT2D eigenvalue weighted by atomic mass is 10.1. The van der Waals surface area contributed by atoms with Crippen molar-refractivity contribution in [2.75, 3.05) is 6.61 Å². The molecule has 126 valence electrons. The molecule has 0 radical (unpaired) electrons. The minimum Gasteiger partial charge on any atom is -0.484 e. The van der Waals surface area contributed by atoms with Crippen LogP contribution in [0.3, 0.4) is 0 Å². The third-order valence-electron chi connectivity index (χ3n) is 3.68. The number of carbonyl (C=O) groups excluding carboxylic acids is 1. The average molecular weight is 397 g/mol. The summed E-state index contributed by atoms with van der Waals surface area (Å²) in [5.41, 5.74) is 4.44. The molecular weight excluding hydrogens is 380 g/mol. The van der Waals surface area contributed by atoms with E-state index in [1.807, 2.05) is 61.5 Å². The molecule has 0 heterocycles. The number of amides is 1. The second-order valence-corrected chi connectivity index (χ2v) is 6.45. The van der Waals surface area contributed by atoms with Gasteiger partial charge in [0.15, 0.2) is 6.61 Å². The third-order valence-corrected chi connectivity index (χ3v) is 4.57. The van der Waals surface area contributed by atoms with E-state index < -0.39 is 0 Å². The monoisotopic (exact) mass is 396 g/mol. The van der Waals surface area contributed by atoms with E-state index in [1.165, 1.54) is 5.39 Å². The van der Waals surface area contributed by atoms with Crippen molar-refractivity contribution in [2.24, 2.45) is 5.10 Å². The standard InChI is InChI=1S/C20H17BrN2O2/c1-14-10-18(8-9-19(14)21)25-13-20(24)23-22-12-15-6-7-16-4-2-3-5-17(16)11-15/h2-12H,13H2,1H3,(H,23,24)/b22-12+. The molecule has 3 rings (SSSR count). The van der Waals surface area contributed by atoms with Crippen molar-refractivity contribution in [1.82, 2.24) is 5.43 Å². The van der Waals surface area contributed by atoms with Gasteiger partial charge in [-0.1, -0.05) is 52.3 Å². The summed E-state index contributed by atoms with van der Waals surface area (Å²) in [7, 11) is 0. The number of carbonyl (C=O) groups is 1. The summed E-state index contributed by atoms with van der Waals surface area (Å²) >= 11 is 3.43. The molecule has 3 aromatic rings. The van der Waals surface area contributed by atoms with Crippen LogP contribution in [-0.4, -0.2) is 18.7 Å². The van der Waals surface area contributed by atoms with Gasteiger partial charge in [-0.3, -0.25) is 4.79 Å². The molecule has 0 unspecified atom stereocenters.